The number of unbranched alkanes of at least 4 members (excludes halogenated alkanes) is 20. The Bertz CT molecular complexity index is 5190. The molecule has 2 aromatic heterocycles. The maximum absolute atomic E-state index is 7.12. The lowest BCUT2D eigenvalue weighted by atomic mass is 9.68. The molecule has 3 aliphatic carbocycles. The summed E-state index contributed by atoms with van der Waals surface area (Å²) in [7, 11) is 0. The van der Waals surface area contributed by atoms with Gasteiger partial charge in [0.2, 0.25) is 0 Å². The Balaban J connectivity index is 0.913. The van der Waals surface area contributed by atoms with Crippen molar-refractivity contribution in [2.45, 2.75) is 238 Å². The minimum Gasteiger partial charge on any atom is -0.456 e. The number of hydrogen-bond acceptors (Lipinski definition) is 3. The number of hydrogen-bond donors (Lipinski definition) is 0. The second kappa shape index (κ2) is 30.3. The largest absolute Gasteiger partial charge is 0.456 e. The molecular weight excluding hydrogens is 1260 g/mol. The summed E-state index contributed by atoms with van der Waals surface area (Å²) < 4.78 is 14.1. The van der Waals surface area contributed by atoms with E-state index in [1.807, 2.05) is 0 Å². The third-order valence-electron chi connectivity index (χ3n) is 25.2. The molecule has 0 unspecified atom stereocenters. The highest BCUT2D eigenvalue weighted by atomic mass is 16.3. The molecule has 0 saturated carbocycles. The predicted molar refractivity (Wildman–Crippen MR) is 446 cm³/mol. The highest BCUT2D eigenvalue weighted by Crippen LogP contribution is 2.64. The molecule has 0 bridgehead atoms. The first-order valence-electron chi connectivity index (χ1n) is 41.1. The lowest BCUT2D eigenvalue weighted by Gasteiger charge is -2.35. The number of nitrogens with zero attached hydrogens (tertiary/aromatic N) is 1. The summed E-state index contributed by atoms with van der Waals surface area (Å²) >= 11 is 0. The molecule has 0 N–H and O–H groups in total. The summed E-state index contributed by atoms with van der Waals surface area (Å²) in [4.78, 5) is 2.67. The van der Waals surface area contributed by atoms with Crippen LogP contribution in [0.25, 0.3) is 110 Å². The van der Waals surface area contributed by atoms with Crippen LogP contribution >= 0.6 is 0 Å². The van der Waals surface area contributed by atoms with Gasteiger partial charge in [0.1, 0.15) is 22.3 Å². The van der Waals surface area contributed by atoms with Gasteiger partial charge < -0.3 is 13.7 Å². The van der Waals surface area contributed by atoms with Crippen LogP contribution in [-0.4, -0.2) is 0 Å². The van der Waals surface area contributed by atoms with Crippen LogP contribution in [0.3, 0.4) is 0 Å². The van der Waals surface area contributed by atoms with Crippen molar-refractivity contribution in [2.75, 3.05) is 4.90 Å². The Labute approximate surface area is 620 Å². The van der Waals surface area contributed by atoms with Gasteiger partial charge in [0.15, 0.2) is 0 Å². The first-order chi connectivity index (χ1) is 51.2. The van der Waals surface area contributed by atoms with E-state index in [2.05, 4.69) is 259 Å². The van der Waals surface area contributed by atoms with Crippen LogP contribution in [0.15, 0.2) is 221 Å². The van der Waals surface area contributed by atoms with Gasteiger partial charge in [-0.05, 0) is 181 Å². The van der Waals surface area contributed by atoms with Gasteiger partial charge in [0.25, 0.3) is 0 Å². The van der Waals surface area contributed by atoms with Crippen molar-refractivity contribution in [1.29, 1.82) is 0 Å². The average molecular weight is 1370 g/mol. The maximum atomic E-state index is 7.12. The number of para-hydroxylation sites is 3. The molecule has 11 aromatic carbocycles. The third-order valence-corrected chi connectivity index (χ3v) is 25.2. The summed E-state index contributed by atoms with van der Waals surface area (Å²) in [5.74, 6) is 0. The molecule has 3 nitrogen and oxygen atoms in total. The van der Waals surface area contributed by atoms with Gasteiger partial charge in [-0.3, -0.25) is 0 Å². The average Bonchev–Trinajstić information content (AvgIpc) is 1.53. The standard InChI is InChI=1S/C101H109NO2/c1-7-11-15-19-23-38-61-100(62-39-24-20-16-12-8-2)84-59-60-93-96(79-49-33-36-53-91(79)103-93)95(84)83-69-87-81(67-88(83)100)77-57-55-73(66-86(77)101(87,63-40-25-21-17-13-9-3)64-41-26-22-18-14-10-4)102(90-52-35-32-48-75(90)71-43-28-27-29-44-71)72-56-58-78-85(65-72)99(5,6)89-68-82(76-51-42-46-70-45-30-31-47-74(70)76)98-97(94(78)89)80-50-34-37-54-92(80)104-98/h27-37,42-60,65-69H,7-26,38-41,61-64H2,1-6H3. The van der Waals surface area contributed by atoms with E-state index in [0.29, 0.717) is 0 Å². The Morgan fingerprint density at radius 2 is 0.750 bits per heavy atom. The molecule has 3 heteroatoms. The van der Waals surface area contributed by atoms with E-state index >= 15 is 0 Å². The van der Waals surface area contributed by atoms with Gasteiger partial charge in [-0.25, -0.2) is 0 Å². The zero-order valence-corrected chi connectivity index (χ0v) is 63.3. The number of furan rings is 2. The van der Waals surface area contributed by atoms with Crippen molar-refractivity contribution in [3.05, 3.63) is 246 Å². The van der Waals surface area contributed by atoms with Crippen LogP contribution in [0, 0.1) is 0 Å². The molecule has 104 heavy (non-hydrogen) atoms. The molecule has 2 heterocycles. The predicted octanol–water partition coefficient (Wildman–Crippen LogP) is 31.3. The zero-order chi connectivity index (χ0) is 70.8. The molecule has 0 atom stereocenters. The van der Waals surface area contributed by atoms with Gasteiger partial charge in [0.05, 0.1) is 5.69 Å². The van der Waals surface area contributed by atoms with Crippen LogP contribution in [0.2, 0.25) is 0 Å². The van der Waals surface area contributed by atoms with Crippen LogP contribution < -0.4 is 4.90 Å². The summed E-state index contributed by atoms with van der Waals surface area (Å²) in [6.45, 7) is 14.4. The highest BCUT2D eigenvalue weighted by molar-refractivity contribution is 6.20. The molecule has 0 radical (unpaired) electrons. The van der Waals surface area contributed by atoms with E-state index in [1.165, 1.54) is 278 Å². The Morgan fingerprint density at radius 3 is 1.39 bits per heavy atom. The fourth-order valence-corrected chi connectivity index (χ4v) is 19.9. The fraction of sp³-hybridized carbons (Fsp3) is 0.366. The summed E-state index contributed by atoms with van der Waals surface area (Å²) in [6, 6.07) is 82.2. The Morgan fingerprint density at radius 1 is 0.288 bits per heavy atom. The first-order valence-corrected chi connectivity index (χ1v) is 41.1. The van der Waals surface area contributed by atoms with Gasteiger partial charge in [-0.1, -0.05) is 341 Å². The molecular formula is C101H109NO2. The van der Waals surface area contributed by atoms with Crippen molar-refractivity contribution >= 4 is 71.7 Å². The topological polar surface area (TPSA) is 29.5 Å². The summed E-state index contributed by atoms with van der Waals surface area (Å²) in [5.41, 5.74) is 28.9. The van der Waals surface area contributed by atoms with Crippen molar-refractivity contribution in [2.24, 2.45) is 0 Å². The van der Waals surface area contributed by atoms with Gasteiger partial charge >= 0.3 is 0 Å². The van der Waals surface area contributed by atoms with Gasteiger partial charge in [0, 0.05) is 60.3 Å². The summed E-state index contributed by atoms with van der Waals surface area (Å²) in [5, 5.41) is 7.41. The monoisotopic (exact) mass is 1370 g/mol. The Kier molecular flexibility index (Phi) is 20.2. The van der Waals surface area contributed by atoms with E-state index in [9.17, 15) is 0 Å². The van der Waals surface area contributed by atoms with Gasteiger partial charge in [-0.15, -0.1) is 0 Å². The first kappa shape index (κ1) is 69.4. The normalized spacial score (nSPS) is 14.2. The molecule has 0 spiro atoms. The zero-order valence-electron chi connectivity index (χ0n) is 63.3. The molecule has 0 saturated heterocycles. The van der Waals surface area contributed by atoms with Crippen LogP contribution in [-0.2, 0) is 16.2 Å². The van der Waals surface area contributed by atoms with Crippen molar-refractivity contribution < 1.29 is 8.83 Å². The quantitative estimate of drug-likeness (QED) is 0.0384. The van der Waals surface area contributed by atoms with Crippen molar-refractivity contribution in [3.63, 3.8) is 0 Å². The van der Waals surface area contributed by atoms with Crippen LogP contribution in [0.1, 0.15) is 255 Å². The van der Waals surface area contributed by atoms with E-state index in [4.69, 9.17) is 8.83 Å². The maximum Gasteiger partial charge on any atom is 0.143 e. The van der Waals surface area contributed by atoms with Crippen LogP contribution in [0.5, 0.6) is 0 Å². The lowest BCUT2D eigenvalue weighted by molar-refractivity contribution is 0.394. The van der Waals surface area contributed by atoms with Crippen LogP contribution in [0.4, 0.5) is 17.1 Å². The number of fused-ring (bicyclic) bond motifs is 18. The van der Waals surface area contributed by atoms with E-state index in [0.717, 1.165) is 46.1 Å². The molecule has 0 aliphatic heterocycles. The number of rotatable bonds is 33. The smallest absolute Gasteiger partial charge is 0.143 e. The SMILES string of the molecule is CCCCCCCCC1(CCCCCCCC)c2cc(N(c3ccc4c(c3)C(C)(C)c3cc(-c5cccc6ccccc56)c5oc6ccccc6c5c3-4)c3ccccc3-c3ccccc3)ccc2-c2cc3c(cc21)-c1c(ccc2oc4ccccc4c12)C3(CCCCCCCC)CCCCCCCC. The van der Waals surface area contributed by atoms with E-state index in [1.54, 1.807) is 16.7 Å². The second-order valence-electron chi connectivity index (χ2n) is 32.1. The molecule has 3 aliphatic rings. The second-order valence-corrected chi connectivity index (χ2v) is 32.1. The van der Waals surface area contributed by atoms with E-state index < -0.39 is 0 Å². The van der Waals surface area contributed by atoms with Crippen molar-refractivity contribution in [1.82, 2.24) is 0 Å². The molecule has 0 amide bonds. The minimum absolute atomic E-state index is 0.112. The highest BCUT2D eigenvalue weighted by Gasteiger charge is 2.49. The number of anilines is 3. The van der Waals surface area contributed by atoms with Crippen molar-refractivity contribution in [3.8, 4) is 55.6 Å². The molecule has 530 valence electrons. The van der Waals surface area contributed by atoms with E-state index in [-0.39, 0.29) is 16.2 Å². The number of benzene rings is 11. The lowest BCUT2D eigenvalue weighted by Crippen LogP contribution is -2.27. The Hall–Kier alpha value is -8.92. The molecule has 13 aromatic rings. The molecule has 16 rings (SSSR count). The van der Waals surface area contributed by atoms with Gasteiger partial charge in [-0.2, -0.15) is 0 Å². The minimum atomic E-state index is -0.368. The fourth-order valence-electron chi connectivity index (χ4n) is 19.9. The third kappa shape index (κ3) is 12.4. The summed E-state index contributed by atoms with van der Waals surface area (Å²) in [6.07, 6.45) is 35.4. The molecule has 0 fully saturated rings.